The summed E-state index contributed by atoms with van der Waals surface area (Å²) in [6.45, 7) is 0.489. The number of ketones is 1. The maximum atomic E-state index is 12.5. The van der Waals surface area contributed by atoms with Gasteiger partial charge in [-0.3, -0.25) is 4.79 Å². The molecule has 1 aliphatic carbocycles. The third kappa shape index (κ3) is 1.83. The first kappa shape index (κ1) is 11.9. The molecule has 0 aromatic heterocycles. The Morgan fingerprint density at radius 1 is 1.16 bits per heavy atom. The highest BCUT2D eigenvalue weighted by molar-refractivity contribution is 6.22. The van der Waals surface area contributed by atoms with Crippen LogP contribution in [0.25, 0.3) is 16.8 Å². The molecule has 0 heterocycles. The Hall–Kier alpha value is -2.13. The van der Waals surface area contributed by atoms with Gasteiger partial charge in [-0.2, -0.15) is 0 Å². The summed E-state index contributed by atoms with van der Waals surface area (Å²) >= 11 is 0. The molecule has 19 heavy (non-hydrogen) atoms. The molecule has 3 nitrogen and oxygen atoms in total. The van der Waals surface area contributed by atoms with Crippen molar-refractivity contribution in [3.63, 3.8) is 0 Å². The molecule has 0 saturated heterocycles. The van der Waals surface area contributed by atoms with E-state index in [1.807, 2.05) is 49.5 Å². The van der Waals surface area contributed by atoms with Crippen LogP contribution in [-0.4, -0.2) is 36.0 Å². The van der Waals surface area contributed by atoms with Crippen molar-refractivity contribution in [1.82, 2.24) is 4.90 Å². The van der Waals surface area contributed by atoms with Crippen LogP contribution in [0.5, 0.6) is 0 Å². The van der Waals surface area contributed by atoms with Crippen LogP contribution in [0.4, 0.5) is 0 Å². The summed E-state index contributed by atoms with van der Waals surface area (Å²) in [6.07, 6.45) is 1.91. The molecule has 0 atom stereocenters. The number of rotatable bonds is 3. The molecule has 0 saturated carbocycles. The molecule has 1 aliphatic rings. The molecule has 0 fully saturated rings. The van der Waals surface area contributed by atoms with Crippen molar-refractivity contribution in [2.24, 2.45) is 0 Å². The minimum Gasteiger partial charge on any atom is -0.395 e. The standard InChI is InChI=1S/C16H15NO2/c1-17(8-9-18)14-10-12-6-2-4-11-5-3-7-13(15(11)12)16(14)19/h2-7,10,18H,8-9H2,1H3. The molecule has 0 radical (unpaired) electrons. The summed E-state index contributed by atoms with van der Waals surface area (Å²) in [4.78, 5) is 14.3. The average molecular weight is 253 g/mol. The molecule has 2 aromatic rings. The van der Waals surface area contributed by atoms with Crippen molar-refractivity contribution in [2.75, 3.05) is 20.2 Å². The molecule has 2 aromatic carbocycles. The van der Waals surface area contributed by atoms with Crippen molar-refractivity contribution in [2.45, 2.75) is 0 Å². The van der Waals surface area contributed by atoms with Gasteiger partial charge >= 0.3 is 0 Å². The fraction of sp³-hybridized carbons (Fsp3) is 0.188. The zero-order chi connectivity index (χ0) is 13.4. The largest absolute Gasteiger partial charge is 0.395 e. The van der Waals surface area contributed by atoms with Gasteiger partial charge in [0, 0.05) is 24.5 Å². The van der Waals surface area contributed by atoms with E-state index in [4.69, 9.17) is 5.11 Å². The number of likely N-dealkylation sites (N-methyl/N-ethyl adjacent to an activating group) is 1. The van der Waals surface area contributed by atoms with Gasteiger partial charge in [0.2, 0.25) is 5.78 Å². The Balaban J connectivity index is 2.22. The number of nitrogens with zero attached hydrogens (tertiary/aromatic N) is 1. The molecular formula is C16H15NO2. The van der Waals surface area contributed by atoms with E-state index in [-0.39, 0.29) is 12.4 Å². The lowest BCUT2D eigenvalue weighted by Gasteiger charge is -2.24. The Kier molecular flexibility index (Phi) is 2.84. The van der Waals surface area contributed by atoms with E-state index in [0.29, 0.717) is 12.2 Å². The summed E-state index contributed by atoms with van der Waals surface area (Å²) in [5.74, 6) is 0.0280. The van der Waals surface area contributed by atoms with E-state index >= 15 is 0 Å². The van der Waals surface area contributed by atoms with Crippen molar-refractivity contribution >= 4 is 22.6 Å². The molecular weight excluding hydrogens is 238 g/mol. The van der Waals surface area contributed by atoms with Crippen LogP contribution in [0.15, 0.2) is 42.1 Å². The van der Waals surface area contributed by atoms with E-state index in [2.05, 4.69) is 0 Å². The van der Waals surface area contributed by atoms with Crippen molar-refractivity contribution < 1.29 is 9.90 Å². The summed E-state index contributed by atoms with van der Waals surface area (Å²) in [5, 5.41) is 11.1. The Bertz CT molecular complexity index is 683. The maximum Gasteiger partial charge on any atom is 0.209 e. The highest BCUT2D eigenvalue weighted by Crippen LogP contribution is 2.31. The van der Waals surface area contributed by atoms with Gasteiger partial charge in [0.25, 0.3) is 0 Å². The number of hydrogen-bond acceptors (Lipinski definition) is 3. The molecule has 0 unspecified atom stereocenters. The Morgan fingerprint density at radius 3 is 2.63 bits per heavy atom. The van der Waals surface area contributed by atoms with E-state index < -0.39 is 0 Å². The van der Waals surface area contributed by atoms with Gasteiger partial charge in [-0.05, 0) is 17.0 Å². The first-order valence-corrected chi connectivity index (χ1v) is 6.32. The molecule has 96 valence electrons. The second-order valence-corrected chi connectivity index (χ2v) is 4.75. The lowest BCUT2D eigenvalue weighted by Crippen LogP contribution is -2.27. The van der Waals surface area contributed by atoms with Gasteiger partial charge in [0.1, 0.15) is 0 Å². The van der Waals surface area contributed by atoms with Crippen LogP contribution >= 0.6 is 0 Å². The zero-order valence-electron chi connectivity index (χ0n) is 10.8. The maximum absolute atomic E-state index is 12.5. The minimum absolute atomic E-state index is 0.0280. The number of hydrogen-bond donors (Lipinski definition) is 1. The smallest absolute Gasteiger partial charge is 0.209 e. The number of allylic oxidation sites excluding steroid dienone is 1. The summed E-state index contributed by atoms with van der Waals surface area (Å²) in [6, 6.07) is 11.8. The quantitative estimate of drug-likeness (QED) is 0.912. The van der Waals surface area contributed by atoms with E-state index in [9.17, 15) is 4.79 Å². The lowest BCUT2D eigenvalue weighted by atomic mass is 9.90. The van der Waals surface area contributed by atoms with E-state index in [0.717, 1.165) is 21.9 Å². The normalized spacial score (nSPS) is 13.6. The van der Waals surface area contributed by atoms with Crippen molar-refractivity contribution in [1.29, 1.82) is 0 Å². The predicted molar refractivity (Wildman–Crippen MR) is 76.0 cm³/mol. The van der Waals surface area contributed by atoms with Crippen molar-refractivity contribution in [3.05, 3.63) is 53.2 Å². The van der Waals surface area contributed by atoms with Gasteiger partial charge < -0.3 is 10.0 Å². The monoisotopic (exact) mass is 253 g/mol. The lowest BCUT2D eigenvalue weighted by molar-refractivity contribution is 0.0995. The van der Waals surface area contributed by atoms with Gasteiger partial charge in [0.15, 0.2) is 0 Å². The van der Waals surface area contributed by atoms with Crippen LogP contribution in [0.2, 0.25) is 0 Å². The molecule has 3 heteroatoms. The van der Waals surface area contributed by atoms with Crippen LogP contribution in [0.1, 0.15) is 15.9 Å². The second kappa shape index (κ2) is 4.52. The van der Waals surface area contributed by atoms with Gasteiger partial charge in [-0.15, -0.1) is 0 Å². The number of carbonyl (C=O) groups excluding carboxylic acids is 1. The third-order valence-corrected chi connectivity index (χ3v) is 3.55. The average Bonchev–Trinajstić information content (AvgIpc) is 2.43. The predicted octanol–water partition coefficient (Wildman–Crippen LogP) is 2.30. The minimum atomic E-state index is 0.0280. The molecule has 0 amide bonds. The van der Waals surface area contributed by atoms with Gasteiger partial charge in [-0.1, -0.05) is 36.4 Å². The number of carbonyl (C=O) groups is 1. The Morgan fingerprint density at radius 2 is 1.89 bits per heavy atom. The third-order valence-electron chi connectivity index (χ3n) is 3.55. The molecule has 0 aliphatic heterocycles. The Labute approximate surface area is 111 Å². The number of benzene rings is 2. The fourth-order valence-corrected chi connectivity index (χ4v) is 2.58. The van der Waals surface area contributed by atoms with Crippen LogP contribution in [0, 0.1) is 0 Å². The highest BCUT2D eigenvalue weighted by atomic mass is 16.3. The van der Waals surface area contributed by atoms with Crippen molar-refractivity contribution in [3.8, 4) is 0 Å². The van der Waals surface area contributed by atoms with Crippen LogP contribution in [0.3, 0.4) is 0 Å². The number of aliphatic hydroxyl groups excluding tert-OH is 1. The van der Waals surface area contributed by atoms with E-state index in [1.54, 1.807) is 4.90 Å². The SMILES string of the molecule is CN(CCO)C1=Cc2cccc3cccc(c23)C1=O. The van der Waals surface area contributed by atoms with E-state index in [1.165, 1.54) is 0 Å². The summed E-state index contributed by atoms with van der Waals surface area (Å²) < 4.78 is 0. The first-order valence-electron chi connectivity index (χ1n) is 6.32. The molecule has 0 bridgehead atoms. The topological polar surface area (TPSA) is 40.5 Å². The fourth-order valence-electron chi connectivity index (χ4n) is 2.58. The first-order chi connectivity index (χ1) is 9.22. The number of aliphatic hydroxyl groups is 1. The van der Waals surface area contributed by atoms with Gasteiger partial charge in [0.05, 0.1) is 12.3 Å². The summed E-state index contributed by atoms with van der Waals surface area (Å²) in [7, 11) is 1.83. The zero-order valence-corrected chi connectivity index (χ0v) is 10.8. The van der Waals surface area contributed by atoms with Crippen LogP contribution < -0.4 is 0 Å². The summed E-state index contributed by atoms with van der Waals surface area (Å²) in [5.41, 5.74) is 2.45. The van der Waals surface area contributed by atoms with Crippen LogP contribution in [-0.2, 0) is 0 Å². The van der Waals surface area contributed by atoms with Gasteiger partial charge in [-0.25, -0.2) is 0 Å². The molecule has 3 rings (SSSR count). The number of Topliss-reactive ketones (excluding diaryl/α,β-unsaturated/α-hetero) is 1. The molecule has 1 N–H and O–H groups in total. The molecule has 0 spiro atoms. The highest BCUT2D eigenvalue weighted by Gasteiger charge is 2.23. The second-order valence-electron chi connectivity index (χ2n) is 4.75.